The zero-order valence-electron chi connectivity index (χ0n) is 16.9. The monoisotopic (exact) mass is 454 g/mol. The third-order valence-corrected chi connectivity index (χ3v) is 6.58. The Balaban J connectivity index is 1.29. The summed E-state index contributed by atoms with van der Waals surface area (Å²) in [7, 11) is 0. The molecule has 3 aliphatic rings. The van der Waals surface area contributed by atoms with Gasteiger partial charge in [-0.05, 0) is 6.07 Å². The van der Waals surface area contributed by atoms with E-state index in [1.807, 2.05) is 6.08 Å². The first-order valence-electron chi connectivity index (χ1n) is 10.1. The maximum atomic E-state index is 14.0. The fourth-order valence-corrected chi connectivity index (χ4v) is 4.81. The Morgan fingerprint density at radius 2 is 2.12 bits per heavy atom. The molecule has 3 aliphatic heterocycles. The number of Topliss-reactive ketones (excluding diaryl/α,β-unsaturated/α-hetero) is 1. The molecule has 0 saturated carbocycles. The lowest BCUT2D eigenvalue weighted by molar-refractivity contribution is -0.135. The molecule has 1 aromatic carbocycles. The first kappa shape index (κ1) is 20.7. The third-order valence-electron chi connectivity index (χ3n) is 5.53. The fourth-order valence-electron chi connectivity index (χ4n) is 3.88. The molecular weight excluding hydrogens is 435 g/mol. The van der Waals surface area contributed by atoms with Gasteiger partial charge in [0, 0.05) is 30.9 Å². The van der Waals surface area contributed by atoms with Gasteiger partial charge in [-0.15, -0.1) is 11.3 Å². The molecule has 0 spiro atoms. The average Bonchev–Trinajstić information content (AvgIpc) is 3.48. The number of halogens is 1. The highest BCUT2D eigenvalue weighted by Crippen LogP contribution is 2.29. The minimum Gasteiger partial charge on any atom is -0.366 e. The van der Waals surface area contributed by atoms with E-state index in [1.54, 1.807) is 29.3 Å². The molecule has 4 heterocycles. The van der Waals surface area contributed by atoms with E-state index in [0.717, 1.165) is 11.3 Å². The number of amides is 1. The van der Waals surface area contributed by atoms with E-state index in [2.05, 4.69) is 10.4 Å². The summed E-state index contributed by atoms with van der Waals surface area (Å²) in [6, 6.07) is 5.90. The molecule has 2 atom stereocenters. The Morgan fingerprint density at radius 1 is 1.28 bits per heavy atom. The van der Waals surface area contributed by atoms with E-state index >= 15 is 0 Å². The van der Waals surface area contributed by atoms with Crippen molar-refractivity contribution in [2.75, 3.05) is 26.2 Å². The van der Waals surface area contributed by atoms with Gasteiger partial charge in [0.15, 0.2) is 10.8 Å². The van der Waals surface area contributed by atoms with Crippen LogP contribution in [0.3, 0.4) is 0 Å². The van der Waals surface area contributed by atoms with E-state index in [9.17, 15) is 18.8 Å². The van der Waals surface area contributed by atoms with Gasteiger partial charge in [0.1, 0.15) is 23.7 Å². The number of benzene rings is 1. The van der Waals surface area contributed by atoms with Crippen LogP contribution >= 0.6 is 11.3 Å². The number of carbonyl (C=O) groups excluding carboxylic acids is 3. The van der Waals surface area contributed by atoms with Crippen molar-refractivity contribution in [3.8, 4) is 10.4 Å². The number of aromatic nitrogens is 1. The van der Waals surface area contributed by atoms with Crippen LogP contribution in [-0.4, -0.2) is 70.8 Å². The number of morpholine rings is 1. The highest BCUT2D eigenvalue weighted by Gasteiger charge is 2.36. The molecule has 1 N–H and O–H groups in total. The van der Waals surface area contributed by atoms with Gasteiger partial charge in [-0.25, -0.2) is 14.4 Å². The number of fused-ring (bicyclic) bond motifs is 1. The summed E-state index contributed by atoms with van der Waals surface area (Å²) >= 11 is 1.08. The molecule has 1 amide bonds. The van der Waals surface area contributed by atoms with E-state index < -0.39 is 6.10 Å². The molecular formula is C22H19FN4O4S. The van der Waals surface area contributed by atoms with Crippen LogP contribution in [0.2, 0.25) is 0 Å². The quantitative estimate of drug-likeness (QED) is 0.554. The predicted molar refractivity (Wildman–Crippen MR) is 114 cm³/mol. The topological polar surface area (TPSA) is 91.8 Å². The zero-order valence-corrected chi connectivity index (χ0v) is 17.7. The van der Waals surface area contributed by atoms with Gasteiger partial charge >= 0.3 is 0 Å². The van der Waals surface area contributed by atoms with Crippen molar-refractivity contribution in [3.05, 3.63) is 65.2 Å². The van der Waals surface area contributed by atoms with Gasteiger partial charge in [0.05, 0.1) is 18.0 Å². The molecule has 5 rings (SSSR count). The van der Waals surface area contributed by atoms with Gasteiger partial charge in [-0.2, -0.15) is 0 Å². The average molecular weight is 454 g/mol. The number of nitrogens with zero attached hydrogens (tertiary/aromatic N) is 3. The summed E-state index contributed by atoms with van der Waals surface area (Å²) in [5, 5.41) is 1.89. The number of hydrazine groups is 1. The van der Waals surface area contributed by atoms with Crippen molar-refractivity contribution in [3.63, 3.8) is 0 Å². The van der Waals surface area contributed by atoms with Gasteiger partial charge in [0.2, 0.25) is 5.78 Å². The number of thiazole rings is 1. The number of nitrogens with one attached hydrogen (secondary N) is 1. The molecule has 2 aromatic rings. The van der Waals surface area contributed by atoms with Crippen LogP contribution in [0.4, 0.5) is 4.39 Å². The van der Waals surface area contributed by atoms with Crippen molar-refractivity contribution in [1.82, 2.24) is 20.3 Å². The molecule has 1 fully saturated rings. The zero-order chi connectivity index (χ0) is 22.2. The number of ether oxygens (including phenoxy) is 1. The molecule has 8 nitrogen and oxygen atoms in total. The smallest absolute Gasteiger partial charge is 0.271 e. The van der Waals surface area contributed by atoms with Gasteiger partial charge in [0.25, 0.3) is 5.91 Å². The summed E-state index contributed by atoms with van der Waals surface area (Å²) in [5.74, 6) is -1.28. The second-order valence-electron chi connectivity index (χ2n) is 7.58. The van der Waals surface area contributed by atoms with Crippen LogP contribution < -0.4 is 5.43 Å². The highest BCUT2D eigenvalue weighted by molar-refractivity contribution is 7.17. The van der Waals surface area contributed by atoms with Crippen LogP contribution in [0.1, 0.15) is 9.80 Å². The predicted octanol–water partition coefficient (Wildman–Crippen LogP) is 1.57. The van der Waals surface area contributed by atoms with Crippen LogP contribution in [0, 0.1) is 5.82 Å². The van der Waals surface area contributed by atoms with Crippen LogP contribution in [0.15, 0.2) is 54.4 Å². The molecule has 2 unspecified atom stereocenters. The first-order chi connectivity index (χ1) is 15.5. The lowest BCUT2D eigenvalue weighted by Gasteiger charge is -2.35. The van der Waals surface area contributed by atoms with Gasteiger partial charge in [-0.1, -0.05) is 30.4 Å². The van der Waals surface area contributed by atoms with Crippen molar-refractivity contribution in [2.24, 2.45) is 0 Å². The second kappa shape index (κ2) is 8.38. The van der Waals surface area contributed by atoms with Gasteiger partial charge in [-0.3, -0.25) is 14.4 Å². The second-order valence-corrected chi connectivity index (χ2v) is 8.61. The van der Waals surface area contributed by atoms with E-state index in [1.165, 1.54) is 23.2 Å². The van der Waals surface area contributed by atoms with E-state index in [4.69, 9.17) is 4.74 Å². The lowest BCUT2D eigenvalue weighted by atomic mass is 10.1. The van der Waals surface area contributed by atoms with Crippen molar-refractivity contribution < 1.29 is 23.5 Å². The largest absolute Gasteiger partial charge is 0.366 e. The van der Waals surface area contributed by atoms with Crippen molar-refractivity contribution >= 4 is 28.8 Å². The van der Waals surface area contributed by atoms with Crippen LogP contribution in [0.5, 0.6) is 0 Å². The standard InChI is InChI=1S/C22H19FN4O4S/c23-14-5-2-1-4-13(14)19-11-24-21(32-19)20(29)18-12-26(8-9-31-18)22(30)15-10-17(28)16-6-3-7-27(16)25-15/h1-6,10-11,16,18,25H,7-9,12H2. The third kappa shape index (κ3) is 3.77. The molecule has 1 saturated heterocycles. The minimum absolute atomic E-state index is 0.0428. The van der Waals surface area contributed by atoms with E-state index in [-0.39, 0.29) is 53.2 Å². The lowest BCUT2D eigenvalue weighted by Crippen LogP contribution is -2.55. The maximum Gasteiger partial charge on any atom is 0.271 e. The fraction of sp³-hybridized carbons (Fsp3) is 0.273. The minimum atomic E-state index is -0.881. The molecule has 1 aromatic heterocycles. The van der Waals surface area contributed by atoms with Gasteiger partial charge < -0.3 is 15.1 Å². The summed E-state index contributed by atoms with van der Waals surface area (Å²) in [5.41, 5.74) is 3.55. The van der Waals surface area contributed by atoms with Crippen LogP contribution in [-0.2, 0) is 14.3 Å². The number of rotatable bonds is 4. The van der Waals surface area contributed by atoms with Crippen molar-refractivity contribution in [2.45, 2.75) is 12.1 Å². The summed E-state index contributed by atoms with van der Waals surface area (Å²) in [6.45, 7) is 1.06. The SMILES string of the molecule is O=C(c1ncc(-c2ccccc2F)s1)C1CN(C(=O)C2=CC(=O)C3C=CCN3N2)CCO1. The summed E-state index contributed by atoms with van der Waals surface area (Å²) in [6.07, 6.45) is 5.55. The molecule has 32 heavy (non-hydrogen) atoms. The highest BCUT2D eigenvalue weighted by atomic mass is 32.1. The Kier molecular flexibility index (Phi) is 5.41. The molecule has 0 bridgehead atoms. The Morgan fingerprint density at radius 3 is 2.97 bits per heavy atom. The molecule has 164 valence electrons. The normalized spacial score (nSPS) is 23.0. The van der Waals surface area contributed by atoms with Crippen molar-refractivity contribution in [1.29, 1.82) is 0 Å². The number of ketones is 2. The number of hydrogen-bond donors (Lipinski definition) is 1. The number of hydrogen-bond acceptors (Lipinski definition) is 8. The Labute approximate surface area is 186 Å². The van der Waals surface area contributed by atoms with E-state index in [0.29, 0.717) is 23.5 Å². The Bertz CT molecular complexity index is 1160. The molecule has 10 heteroatoms. The Hall–Kier alpha value is -3.21. The molecule has 0 radical (unpaired) electrons. The summed E-state index contributed by atoms with van der Waals surface area (Å²) < 4.78 is 19.7. The number of carbonyl (C=O) groups is 3. The molecule has 0 aliphatic carbocycles. The first-order valence-corrected chi connectivity index (χ1v) is 10.9. The maximum absolute atomic E-state index is 14.0. The van der Waals surface area contributed by atoms with Crippen LogP contribution in [0.25, 0.3) is 10.4 Å². The summed E-state index contributed by atoms with van der Waals surface area (Å²) in [4.78, 5) is 44.4.